The number of ether oxygens (including phenoxy) is 1. The molecular weight excluding hydrogens is 356 g/mol. The summed E-state index contributed by atoms with van der Waals surface area (Å²) in [5.74, 6) is 0.844. The Morgan fingerprint density at radius 2 is 1.83 bits per heavy atom. The van der Waals surface area contributed by atoms with E-state index in [2.05, 4.69) is 87.2 Å². The van der Waals surface area contributed by atoms with Crippen LogP contribution < -0.4 is 9.64 Å². The van der Waals surface area contributed by atoms with Gasteiger partial charge in [0.05, 0.1) is 18.3 Å². The van der Waals surface area contributed by atoms with Gasteiger partial charge in [0, 0.05) is 41.0 Å². The fraction of sp³-hybridized carbons (Fsp3) is 0.269. The lowest BCUT2D eigenvalue weighted by Gasteiger charge is -2.43. The Kier molecular flexibility index (Phi) is 4.91. The van der Waals surface area contributed by atoms with Crippen molar-refractivity contribution in [2.45, 2.75) is 33.2 Å². The summed E-state index contributed by atoms with van der Waals surface area (Å²) < 4.78 is 5.75. The Balaban J connectivity index is 1.81. The van der Waals surface area contributed by atoms with Crippen LogP contribution in [0.1, 0.15) is 38.8 Å². The summed E-state index contributed by atoms with van der Waals surface area (Å²) in [4.78, 5) is 7.24. The number of hydrogen-bond donors (Lipinski definition) is 0. The molecule has 1 aliphatic rings. The molecule has 0 amide bonds. The van der Waals surface area contributed by atoms with Crippen molar-refractivity contribution in [1.82, 2.24) is 0 Å². The molecule has 1 heterocycles. The van der Waals surface area contributed by atoms with E-state index in [0.29, 0.717) is 0 Å². The second-order valence-electron chi connectivity index (χ2n) is 8.09. The summed E-state index contributed by atoms with van der Waals surface area (Å²) in [6, 6.07) is 18.9. The van der Waals surface area contributed by atoms with Crippen LogP contribution in [0.5, 0.6) is 5.75 Å². The lowest BCUT2D eigenvalue weighted by atomic mass is 9.88. The predicted octanol–water partition coefficient (Wildman–Crippen LogP) is 6.62. The molecule has 0 N–H and O–H groups in total. The van der Waals surface area contributed by atoms with Crippen LogP contribution in [0.3, 0.4) is 0 Å². The number of hydrogen-bond acceptors (Lipinski definition) is 3. The number of fused-ring (bicyclic) bond motifs is 2. The second-order valence-corrected chi connectivity index (χ2v) is 8.09. The van der Waals surface area contributed by atoms with Crippen molar-refractivity contribution in [3.8, 4) is 5.75 Å². The summed E-state index contributed by atoms with van der Waals surface area (Å²) in [5.41, 5.74) is 5.68. The monoisotopic (exact) mass is 384 g/mol. The highest BCUT2D eigenvalue weighted by Gasteiger charge is 2.31. The maximum absolute atomic E-state index is 5.75. The van der Waals surface area contributed by atoms with Crippen molar-refractivity contribution in [2.24, 2.45) is 4.99 Å². The third-order valence-corrected chi connectivity index (χ3v) is 5.75. The standard InChI is InChI=1S/C26H28N2O/c1-6-28-24-15-25(29-5)20(14-22(24)18(2)16-26(28,3)4)17-27-23-13-9-11-19-10-7-8-12-21(19)23/h7-17H,6H2,1-5H3. The Bertz CT molecular complexity index is 1120. The van der Waals surface area contributed by atoms with Gasteiger partial charge < -0.3 is 9.64 Å². The molecule has 1 aliphatic heterocycles. The molecule has 3 aromatic rings. The number of methoxy groups -OCH3 is 1. The highest BCUT2D eigenvalue weighted by molar-refractivity contribution is 5.97. The minimum atomic E-state index is -0.0184. The van der Waals surface area contributed by atoms with Gasteiger partial charge in [0.15, 0.2) is 0 Å². The average Bonchev–Trinajstić information content (AvgIpc) is 2.71. The molecule has 4 rings (SSSR count). The predicted molar refractivity (Wildman–Crippen MR) is 125 cm³/mol. The van der Waals surface area contributed by atoms with Gasteiger partial charge in [0.25, 0.3) is 0 Å². The molecule has 0 spiro atoms. The lowest BCUT2D eigenvalue weighted by molar-refractivity contribution is 0.413. The van der Waals surface area contributed by atoms with Gasteiger partial charge in [-0.25, -0.2) is 0 Å². The van der Waals surface area contributed by atoms with Crippen LogP contribution in [0.2, 0.25) is 0 Å². The number of rotatable bonds is 4. The summed E-state index contributed by atoms with van der Waals surface area (Å²) >= 11 is 0. The van der Waals surface area contributed by atoms with Crippen LogP contribution in [0.15, 0.2) is 65.7 Å². The summed E-state index contributed by atoms with van der Waals surface area (Å²) in [6.07, 6.45) is 4.27. The van der Waals surface area contributed by atoms with Crippen molar-refractivity contribution >= 4 is 33.9 Å². The molecule has 29 heavy (non-hydrogen) atoms. The Hall–Kier alpha value is -3.07. The zero-order valence-electron chi connectivity index (χ0n) is 17.9. The first-order valence-electron chi connectivity index (χ1n) is 10.2. The van der Waals surface area contributed by atoms with Crippen LogP contribution in [0, 0.1) is 0 Å². The molecule has 0 bridgehead atoms. The Labute approximate surface area is 173 Å². The van der Waals surface area contributed by atoms with Gasteiger partial charge >= 0.3 is 0 Å². The normalized spacial score (nSPS) is 15.5. The first kappa shape index (κ1) is 19.3. The smallest absolute Gasteiger partial charge is 0.129 e. The number of benzene rings is 3. The minimum absolute atomic E-state index is 0.0184. The second kappa shape index (κ2) is 7.40. The number of allylic oxidation sites excluding steroid dienone is 1. The maximum Gasteiger partial charge on any atom is 0.129 e. The number of anilines is 1. The maximum atomic E-state index is 5.75. The largest absolute Gasteiger partial charge is 0.496 e. The van der Waals surface area contributed by atoms with Gasteiger partial charge in [-0.15, -0.1) is 0 Å². The van der Waals surface area contributed by atoms with E-state index in [9.17, 15) is 0 Å². The van der Waals surface area contributed by atoms with E-state index in [0.717, 1.165) is 28.9 Å². The van der Waals surface area contributed by atoms with Crippen molar-refractivity contribution in [3.63, 3.8) is 0 Å². The van der Waals surface area contributed by atoms with Crippen molar-refractivity contribution in [1.29, 1.82) is 0 Å². The fourth-order valence-corrected chi connectivity index (χ4v) is 4.44. The fourth-order valence-electron chi connectivity index (χ4n) is 4.44. The molecule has 0 saturated heterocycles. The molecule has 0 fully saturated rings. The average molecular weight is 385 g/mol. The molecule has 0 unspecified atom stereocenters. The number of likely N-dealkylation sites (N-methyl/N-ethyl adjacent to an activating group) is 1. The molecule has 0 saturated carbocycles. The van der Waals surface area contributed by atoms with E-state index < -0.39 is 0 Å². The highest BCUT2D eigenvalue weighted by Crippen LogP contribution is 2.41. The van der Waals surface area contributed by atoms with Gasteiger partial charge in [0.1, 0.15) is 5.75 Å². The van der Waals surface area contributed by atoms with E-state index in [1.807, 2.05) is 12.3 Å². The Morgan fingerprint density at radius 3 is 2.59 bits per heavy atom. The lowest BCUT2D eigenvalue weighted by Crippen LogP contribution is -2.44. The molecule has 3 aromatic carbocycles. The van der Waals surface area contributed by atoms with Gasteiger partial charge in [-0.3, -0.25) is 4.99 Å². The number of aliphatic imine (C=N–C) groups is 1. The molecule has 3 nitrogen and oxygen atoms in total. The zero-order valence-corrected chi connectivity index (χ0v) is 17.9. The molecule has 3 heteroatoms. The summed E-state index contributed by atoms with van der Waals surface area (Å²) in [5, 5.41) is 2.34. The molecule has 0 atom stereocenters. The van der Waals surface area contributed by atoms with E-state index in [-0.39, 0.29) is 5.54 Å². The van der Waals surface area contributed by atoms with E-state index >= 15 is 0 Å². The third-order valence-electron chi connectivity index (χ3n) is 5.75. The molecule has 0 aromatic heterocycles. The van der Waals surface area contributed by atoms with Crippen LogP contribution in [0.25, 0.3) is 16.3 Å². The first-order valence-corrected chi connectivity index (χ1v) is 10.2. The molecule has 148 valence electrons. The molecular formula is C26H28N2O. The molecule has 0 aliphatic carbocycles. The van der Waals surface area contributed by atoms with Crippen LogP contribution >= 0.6 is 0 Å². The van der Waals surface area contributed by atoms with Gasteiger partial charge in [0.2, 0.25) is 0 Å². The van der Waals surface area contributed by atoms with Gasteiger partial charge in [-0.1, -0.05) is 42.5 Å². The SMILES string of the molecule is CCN1c2cc(OC)c(C=Nc3cccc4ccccc34)cc2C(C)=CC1(C)C. The van der Waals surface area contributed by atoms with Gasteiger partial charge in [-0.2, -0.15) is 0 Å². The summed E-state index contributed by atoms with van der Waals surface area (Å²) in [7, 11) is 1.73. The van der Waals surface area contributed by atoms with Crippen molar-refractivity contribution < 1.29 is 4.74 Å². The zero-order chi connectivity index (χ0) is 20.6. The van der Waals surface area contributed by atoms with Crippen molar-refractivity contribution in [2.75, 3.05) is 18.6 Å². The highest BCUT2D eigenvalue weighted by atomic mass is 16.5. The van der Waals surface area contributed by atoms with Crippen LogP contribution in [0.4, 0.5) is 11.4 Å². The van der Waals surface area contributed by atoms with E-state index in [4.69, 9.17) is 9.73 Å². The van der Waals surface area contributed by atoms with Crippen molar-refractivity contribution in [3.05, 3.63) is 71.8 Å². The quantitative estimate of drug-likeness (QED) is 0.472. The third kappa shape index (κ3) is 3.42. The van der Waals surface area contributed by atoms with Gasteiger partial charge in [-0.05, 0) is 50.8 Å². The van der Waals surface area contributed by atoms with E-state index in [1.54, 1.807) is 7.11 Å². The topological polar surface area (TPSA) is 24.8 Å². The Morgan fingerprint density at radius 1 is 1.07 bits per heavy atom. The van der Waals surface area contributed by atoms with Crippen LogP contribution in [-0.2, 0) is 0 Å². The first-order chi connectivity index (χ1) is 13.9. The summed E-state index contributed by atoms with van der Waals surface area (Å²) in [6.45, 7) is 9.83. The minimum Gasteiger partial charge on any atom is -0.496 e. The number of nitrogens with zero attached hydrogens (tertiary/aromatic N) is 2. The van der Waals surface area contributed by atoms with E-state index in [1.165, 1.54) is 22.2 Å². The van der Waals surface area contributed by atoms with Crippen LogP contribution in [-0.4, -0.2) is 25.4 Å². The molecule has 0 radical (unpaired) electrons.